The Balaban J connectivity index is 0.000000175. The van der Waals surface area contributed by atoms with Gasteiger partial charge in [-0.1, -0.05) is 211 Å². The van der Waals surface area contributed by atoms with E-state index in [0.717, 1.165) is 70.5 Å². The maximum atomic E-state index is 2.44. The van der Waals surface area contributed by atoms with Gasteiger partial charge in [-0.3, -0.25) is 0 Å². The van der Waals surface area contributed by atoms with Gasteiger partial charge < -0.3 is 0 Å². The van der Waals surface area contributed by atoms with Crippen LogP contribution in [0.2, 0.25) is 0 Å². The second kappa shape index (κ2) is 27.1. The first-order chi connectivity index (χ1) is 26.7. The highest BCUT2D eigenvalue weighted by Gasteiger charge is 2.38. The van der Waals surface area contributed by atoms with Crippen LogP contribution in [-0.2, 0) is 0 Å². The van der Waals surface area contributed by atoms with Crippen molar-refractivity contribution in [1.29, 1.82) is 0 Å². The van der Waals surface area contributed by atoms with Crippen LogP contribution in [0.1, 0.15) is 282 Å². The van der Waals surface area contributed by atoms with E-state index in [1.165, 1.54) is 154 Å². The molecule has 9 aliphatic rings. The summed E-state index contributed by atoms with van der Waals surface area (Å²) in [5, 5.41) is 0. The Kier molecular flexibility index (Phi) is 24.3. The zero-order chi connectivity index (χ0) is 41.0. The Morgan fingerprint density at radius 1 is 0.482 bits per heavy atom. The van der Waals surface area contributed by atoms with E-state index in [2.05, 4.69) is 76.2 Å². The van der Waals surface area contributed by atoms with E-state index in [4.69, 9.17) is 0 Å². The van der Waals surface area contributed by atoms with Gasteiger partial charge in [0.2, 0.25) is 0 Å². The lowest BCUT2D eigenvalue weighted by atomic mass is 9.78. The van der Waals surface area contributed by atoms with Crippen molar-refractivity contribution in [3.63, 3.8) is 0 Å². The van der Waals surface area contributed by atoms with E-state index in [-0.39, 0.29) is 0 Å². The molecule has 0 aromatic carbocycles. The predicted molar refractivity (Wildman–Crippen MR) is 253 cm³/mol. The first-order valence-electron chi connectivity index (χ1n) is 26.7. The van der Waals surface area contributed by atoms with Crippen LogP contribution < -0.4 is 0 Å². The van der Waals surface area contributed by atoms with Crippen LogP contribution in [0.5, 0.6) is 0 Å². The van der Waals surface area contributed by atoms with Gasteiger partial charge in [0.1, 0.15) is 0 Å². The number of hydrogen-bond donors (Lipinski definition) is 0. The van der Waals surface area contributed by atoms with Crippen molar-refractivity contribution in [2.24, 2.45) is 75.9 Å². The Bertz CT molecular complexity index is 888. The van der Waals surface area contributed by atoms with Crippen LogP contribution in [0.3, 0.4) is 0 Å². The number of fused-ring (bicyclic) bond motifs is 4. The summed E-state index contributed by atoms with van der Waals surface area (Å²) in [5.74, 6) is 11.9. The largest absolute Gasteiger partial charge is 0.0654 e. The van der Waals surface area contributed by atoms with Gasteiger partial charge in [-0.15, -0.1) is 0 Å². The second-order valence-electron chi connectivity index (χ2n) is 23.9. The average Bonchev–Trinajstić information content (AvgIpc) is 4.06. The van der Waals surface area contributed by atoms with E-state index < -0.39 is 0 Å². The van der Waals surface area contributed by atoms with Gasteiger partial charge in [0.05, 0.1) is 0 Å². The summed E-state index contributed by atoms with van der Waals surface area (Å²) in [4.78, 5) is 0. The summed E-state index contributed by atoms with van der Waals surface area (Å²) < 4.78 is 0. The van der Waals surface area contributed by atoms with Gasteiger partial charge in [0, 0.05) is 0 Å². The van der Waals surface area contributed by atoms with Crippen LogP contribution in [-0.4, -0.2) is 0 Å². The molecule has 332 valence electrons. The van der Waals surface area contributed by atoms with Crippen molar-refractivity contribution in [2.75, 3.05) is 0 Å². The minimum Gasteiger partial charge on any atom is -0.0654 e. The summed E-state index contributed by atoms with van der Waals surface area (Å²) >= 11 is 0. The highest BCUT2D eigenvalue weighted by Crippen LogP contribution is 2.49. The molecule has 9 fully saturated rings. The van der Waals surface area contributed by atoms with Crippen LogP contribution in [0.15, 0.2) is 0 Å². The van der Waals surface area contributed by atoms with E-state index in [1.807, 2.05) is 0 Å². The SMILES string of the molecule is CC(C)C1CCCC1.CC1(C)CCCCC1.CC1C2CCC1CC2.CC1CCC(C)CC1.CCC1(C)CCCC1.CCCC1CCCC1.C[C@H]1CC2CCC1C2. The fourth-order valence-corrected chi connectivity index (χ4v) is 13.0. The molecular formula is C56H108. The molecule has 9 aliphatic carbocycles. The lowest BCUT2D eigenvalue weighted by Gasteiger charge is -2.28. The molecule has 2 unspecified atom stereocenters. The molecular weight excluding hydrogens is 673 g/mol. The molecule has 0 saturated heterocycles. The zero-order valence-electron chi connectivity index (χ0n) is 41.0. The fourth-order valence-electron chi connectivity index (χ4n) is 13.0. The van der Waals surface area contributed by atoms with E-state index >= 15 is 0 Å². The molecule has 0 heteroatoms. The quantitative estimate of drug-likeness (QED) is 0.267. The van der Waals surface area contributed by atoms with E-state index in [0.29, 0.717) is 5.41 Å². The lowest BCUT2D eigenvalue weighted by molar-refractivity contribution is 0.244. The monoisotopic (exact) mass is 781 g/mol. The Morgan fingerprint density at radius 3 is 1.21 bits per heavy atom. The van der Waals surface area contributed by atoms with Gasteiger partial charge in [0.15, 0.2) is 0 Å². The minimum absolute atomic E-state index is 0.679. The first kappa shape index (κ1) is 50.4. The third-order valence-electron chi connectivity index (χ3n) is 18.1. The highest BCUT2D eigenvalue weighted by atomic mass is 14.4. The molecule has 9 rings (SSSR count). The second-order valence-corrected chi connectivity index (χ2v) is 23.9. The molecule has 0 aromatic heterocycles. The van der Waals surface area contributed by atoms with Gasteiger partial charge in [-0.25, -0.2) is 0 Å². The van der Waals surface area contributed by atoms with Gasteiger partial charge in [-0.05, 0) is 147 Å². The molecule has 9 saturated carbocycles. The summed E-state index contributed by atoms with van der Waals surface area (Å²) in [6.07, 6.45) is 47.8. The number of hydrogen-bond acceptors (Lipinski definition) is 0. The third kappa shape index (κ3) is 19.6. The van der Waals surface area contributed by atoms with Gasteiger partial charge in [-0.2, -0.15) is 0 Å². The van der Waals surface area contributed by atoms with Crippen molar-refractivity contribution in [1.82, 2.24) is 0 Å². The average molecular weight is 781 g/mol. The highest BCUT2D eigenvalue weighted by molar-refractivity contribution is 4.89. The molecule has 0 radical (unpaired) electrons. The van der Waals surface area contributed by atoms with Crippen molar-refractivity contribution in [2.45, 2.75) is 282 Å². The van der Waals surface area contributed by atoms with Gasteiger partial charge in [0.25, 0.3) is 0 Å². The van der Waals surface area contributed by atoms with Crippen molar-refractivity contribution < 1.29 is 0 Å². The summed E-state index contributed by atoms with van der Waals surface area (Å²) in [6, 6.07) is 0. The molecule has 0 aromatic rings. The van der Waals surface area contributed by atoms with Crippen LogP contribution in [0.4, 0.5) is 0 Å². The third-order valence-corrected chi connectivity index (χ3v) is 18.1. The molecule has 3 atom stereocenters. The number of rotatable bonds is 4. The van der Waals surface area contributed by atoms with E-state index in [1.54, 1.807) is 51.4 Å². The molecule has 0 heterocycles. The molecule has 0 N–H and O–H groups in total. The Hall–Kier alpha value is 0. The summed E-state index contributed by atoms with van der Waals surface area (Å²) in [6.45, 7) is 26.1. The molecule has 56 heavy (non-hydrogen) atoms. The first-order valence-corrected chi connectivity index (χ1v) is 26.7. The van der Waals surface area contributed by atoms with Crippen molar-refractivity contribution in [3.05, 3.63) is 0 Å². The zero-order valence-corrected chi connectivity index (χ0v) is 41.0. The summed E-state index contributed by atoms with van der Waals surface area (Å²) in [7, 11) is 0. The topological polar surface area (TPSA) is 0 Å². The summed E-state index contributed by atoms with van der Waals surface area (Å²) in [5.41, 5.74) is 1.41. The van der Waals surface area contributed by atoms with Crippen molar-refractivity contribution >= 4 is 0 Å². The molecule has 0 spiro atoms. The maximum Gasteiger partial charge on any atom is -0.0328 e. The van der Waals surface area contributed by atoms with Crippen LogP contribution >= 0.6 is 0 Å². The Labute approximate surface area is 356 Å². The normalized spacial score (nSPS) is 34.9. The van der Waals surface area contributed by atoms with Crippen LogP contribution in [0, 0.1) is 75.9 Å². The van der Waals surface area contributed by atoms with Gasteiger partial charge >= 0.3 is 0 Å². The molecule has 4 bridgehead atoms. The standard InChI is InChI=1S/2C8H14.5C8H16/c1-6-4-7-2-3-8(6)5-7;1-6-7-2-3-8(6)5-4-7;1-7-3-5-8(2)6-4-7;1-8(2)6-4-3-5-7-8;1-7(2)8-5-3-4-6-8;1-3-8(2)6-4-5-7-8;1-2-5-8-6-3-4-7-8/h2*6-8H,2-5H2,1H3;7-8H,3-6H2,1-2H3;3-7H2,1-2H3;7-8H,3-6H2,1-2H3;3-7H2,1-2H3;8H,2-7H2,1H3/t6-,7?,8?;;;;;;/m0....../s1. The lowest BCUT2D eigenvalue weighted by Crippen LogP contribution is -2.14. The molecule has 0 aliphatic heterocycles. The molecule has 0 nitrogen and oxygen atoms in total. The maximum absolute atomic E-state index is 2.44. The fraction of sp³-hybridized carbons (Fsp3) is 1.00. The Morgan fingerprint density at radius 2 is 0.946 bits per heavy atom. The van der Waals surface area contributed by atoms with Crippen molar-refractivity contribution in [3.8, 4) is 0 Å². The predicted octanol–water partition coefficient (Wildman–Crippen LogP) is 19.5. The minimum atomic E-state index is 0.679. The van der Waals surface area contributed by atoms with Crippen LogP contribution in [0.25, 0.3) is 0 Å². The smallest absolute Gasteiger partial charge is 0.0328 e. The molecule has 0 amide bonds. The van der Waals surface area contributed by atoms with E-state index in [9.17, 15) is 0 Å².